The van der Waals surface area contributed by atoms with Crippen molar-refractivity contribution in [1.29, 1.82) is 0 Å². The van der Waals surface area contributed by atoms with E-state index >= 15 is 0 Å². The highest BCUT2D eigenvalue weighted by Gasteiger charge is 2.31. The second kappa shape index (κ2) is 5.90. The summed E-state index contributed by atoms with van der Waals surface area (Å²) in [5, 5.41) is 5.49. The van der Waals surface area contributed by atoms with Crippen molar-refractivity contribution < 1.29 is 9.59 Å². The van der Waals surface area contributed by atoms with Gasteiger partial charge in [0.2, 0.25) is 11.8 Å². The van der Waals surface area contributed by atoms with E-state index in [0.29, 0.717) is 17.9 Å². The molecule has 2 amide bonds. The molecule has 128 valence electrons. The van der Waals surface area contributed by atoms with E-state index in [9.17, 15) is 14.4 Å². The average Bonchev–Trinajstić information content (AvgIpc) is 2.78. The highest BCUT2D eigenvalue weighted by atomic mass is 16.2. The molecule has 1 aromatic heterocycles. The van der Waals surface area contributed by atoms with Crippen LogP contribution in [0.4, 0.5) is 0 Å². The van der Waals surface area contributed by atoms with Crippen LogP contribution in [0.3, 0.4) is 0 Å². The van der Waals surface area contributed by atoms with E-state index in [1.807, 2.05) is 18.2 Å². The van der Waals surface area contributed by atoms with Gasteiger partial charge in [0.25, 0.3) is 0 Å². The van der Waals surface area contributed by atoms with Crippen LogP contribution < -0.4 is 16.3 Å². The summed E-state index contributed by atoms with van der Waals surface area (Å²) in [6, 6.07) is 4.90. The largest absolute Gasteiger partial charge is 0.329 e. The molecule has 0 bridgehead atoms. The molecular formula is C18H18N4O3. The number of nitrogens with one attached hydrogen (secondary N) is 2. The van der Waals surface area contributed by atoms with Crippen LogP contribution in [0, 0.1) is 17.8 Å². The number of carbonyl (C=O) groups excluding carboxylic acids is 2. The van der Waals surface area contributed by atoms with E-state index in [2.05, 4.69) is 22.5 Å². The summed E-state index contributed by atoms with van der Waals surface area (Å²) in [4.78, 5) is 36.2. The van der Waals surface area contributed by atoms with Crippen molar-refractivity contribution in [3.8, 4) is 11.8 Å². The molecule has 2 saturated heterocycles. The number of rotatable bonds is 1. The average molecular weight is 338 g/mol. The number of aromatic nitrogens is 2. The molecule has 0 radical (unpaired) electrons. The molecular weight excluding hydrogens is 320 g/mol. The zero-order valence-electron chi connectivity index (χ0n) is 13.8. The van der Waals surface area contributed by atoms with Gasteiger partial charge in [-0.15, -0.1) is 0 Å². The van der Waals surface area contributed by atoms with Gasteiger partial charge >= 0.3 is 5.69 Å². The maximum Gasteiger partial charge on any atom is 0.329 e. The monoisotopic (exact) mass is 338 g/mol. The van der Waals surface area contributed by atoms with Crippen molar-refractivity contribution >= 4 is 22.8 Å². The fourth-order valence-electron chi connectivity index (χ4n) is 3.25. The predicted molar refractivity (Wildman–Crippen MR) is 91.8 cm³/mol. The number of imide groups is 1. The van der Waals surface area contributed by atoms with Gasteiger partial charge in [-0.25, -0.2) is 4.79 Å². The minimum atomic E-state index is -0.660. The van der Waals surface area contributed by atoms with Gasteiger partial charge in [-0.05, 0) is 24.6 Å². The molecule has 2 fully saturated rings. The number of piperidine rings is 1. The Morgan fingerprint density at radius 1 is 1.16 bits per heavy atom. The summed E-state index contributed by atoms with van der Waals surface area (Å²) < 4.78 is 3.00. The molecule has 3 heterocycles. The first kappa shape index (κ1) is 15.7. The van der Waals surface area contributed by atoms with Crippen LogP contribution in [0.1, 0.15) is 24.4 Å². The Balaban J connectivity index is 1.76. The van der Waals surface area contributed by atoms with Crippen LogP contribution in [-0.4, -0.2) is 34.0 Å². The summed E-state index contributed by atoms with van der Waals surface area (Å²) in [6.45, 7) is 1.83. The van der Waals surface area contributed by atoms with Gasteiger partial charge in [-0.3, -0.25) is 24.0 Å². The van der Waals surface area contributed by atoms with E-state index in [-0.39, 0.29) is 18.0 Å². The van der Waals surface area contributed by atoms with E-state index < -0.39 is 11.9 Å². The third-order valence-corrected chi connectivity index (χ3v) is 4.81. The summed E-state index contributed by atoms with van der Waals surface area (Å²) in [7, 11) is 1.68. The summed E-state index contributed by atoms with van der Waals surface area (Å²) in [5.41, 5.74) is 1.99. The number of hydrogen-bond acceptors (Lipinski definition) is 4. The zero-order valence-corrected chi connectivity index (χ0v) is 13.8. The van der Waals surface area contributed by atoms with Gasteiger partial charge in [0.05, 0.1) is 11.0 Å². The lowest BCUT2D eigenvalue weighted by Crippen LogP contribution is -2.44. The van der Waals surface area contributed by atoms with Gasteiger partial charge in [0, 0.05) is 38.0 Å². The second-order valence-electron chi connectivity index (χ2n) is 6.51. The van der Waals surface area contributed by atoms with Crippen LogP contribution in [0.2, 0.25) is 0 Å². The van der Waals surface area contributed by atoms with Crippen molar-refractivity contribution in [2.75, 3.05) is 13.1 Å². The third-order valence-electron chi connectivity index (χ3n) is 4.81. The molecule has 0 saturated carbocycles. The third kappa shape index (κ3) is 2.65. The van der Waals surface area contributed by atoms with Gasteiger partial charge in [0.1, 0.15) is 6.04 Å². The van der Waals surface area contributed by atoms with Crippen LogP contribution >= 0.6 is 0 Å². The summed E-state index contributed by atoms with van der Waals surface area (Å²) >= 11 is 0. The maximum atomic E-state index is 12.7. The van der Waals surface area contributed by atoms with Gasteiger partial charge in [0.15, 0.2) is 0 Å². The number of amides is 2. The highest BCUT2D eigenvalue weighted by molar-refractivity contribution is 6.00. The highest BCUT2D eigenvalue weighted by Crippen LogP contribution is 2.23. The number of nitrogens with zero attached hydrogens (tertiary/aromatic N) is 2. The van der Waals surface area contributed by atoms with Crippen LogP contribution in [-0.2, 0) is 16.6 Å². The molecule has 7 nitrogen and oxygen atoms in total. The fraction of sp³-hybridized carbons (Fsp3) is 0.389. The minimum Gasteiger partial charge on any atom is -0.314 e. The molecule has 4 rings (SSSR count). The number of benzene rings is 1. The van der Waals surface area contributed by atoms with E-state index in [4.69, 9.17) is 0 Å². The Kier molecular flexibility index (Phi) is 3.70. The molecule has 25 heavy (non-hydrogen) atoms. The Morgan fingerprint density at radius 2 is 1.96 bits per heavy atom. The Bertz CT molecular complexity index is 1000. The zero-order chi connectivity index (χ0) is 17.6. The van der Waals surface area contributed by atoms with Crippen molar-refractivity contribution in [3.05, 3.63) is 34.2 Å². The summed E-state index contributed by atoms with van der Waals surface area (Å²) in [5.74, 6) is 6.02. The normalized spacial score (nSPS) is 20.8. The van der Waals surface area contributed by atoms with Crippen molar-refractivity contribution in [2.24, 2.45) is 13.0 Å². The van der Waals surface area contributed by atoms with E-state index in [1.54, 1.807) is 7.05 Å². The van der Waals surface area contributed by atoms with Gasteiger partial charge in [-0.2, -0.15) is 0 Å². The number of fused-ring (bicyclic) bond motifs is 1. The van der Waals surface area contributed by atoms with Gasteiger partial charge < -0.3 is 5.32 Å². The number of imidazole rings is 1. The smallest absolute Gasteiger partial charge is 0.314 e. The minimum absolute atomic E-state index is 0.234. The second-order valence-corrected chi connectivity index (χ2v) is 6.51. The first-order valence-electron chi connectivity index (χ1n) is 8.31. The predicted octanol–water partition coefficient (Wildman–Crippen LogP) is -0.111. The molecule has 2 aliphatic heterocycles. The van der Waals surface area contributed by atoms with E-state index in [1.165, 1.54) is 9.13 Å². The fourth-order valence-corrected chi connectivity index (χ4v) is 3.25. The number of hydrogen-bond donors (Lipinski definition) is 2. The summed E-state index contributed by atoms with van der Waals surface area (Å²) in [6.07, 6.45) is 0.568. The van der Waals surface area contributed by atoms with Crippen molar-refractivity contribution in [2.45, 2.75) is 18.9 Å². The molecule has 2 N–H and O–H groups in total. The molecule has 7 heteroatoms. The lowest BCUT2D eigenvalue weighted by molar-refractivity contribution is -0.135. The van der Waals surface area contributed by atoms with E-state index in [0.717, 1.165) is 24.2 Å². The molecule has 2 aliphatic rings. The first-order valence-corrected chi connectivity index (χ1v) is 8.31. The first-order chi connectivity index (χ1) is 12.0. The van der Waals surface area contributed by atoms with Crippen molar-refractivity contribution in [3.63, 3.8) is 0 Å². The molecule has 1 aromatic carbocycles. The van der Waals surface area contributed by atoms with Crippen LogP contribution in [0.5, 0.6) is 0 Å². The van der Waals surface area contributed by atoms with Crippen molar-refractivity contribution in [1.82, 2.24) is 19.8 Å². The standard InChI is InChI=1S/C18H18N4O3/c1-21-15-8-11(2-3-12-9-19-10-12)4-5-13(15)22(18(21)25)14-6-7-16(23)20-17(14)24/h4-5,8,12,14,19H,6-7,9-10H2,1H3,(H,20,23,24). The maximum absolute atomic E-state index is 12.7. The Morgan fingerprint density at radius 3 is 2.64 bits per heavy atom. The van der Waals surface area contributed by atoms with Gasteiger partial charge in [-0.1, -0.05) is 11.8 Å². The molecule has 0 aliphatic carbocycles. The number of carbonyl (C=O) groups is 2. The molecule has 2 aromatic rings. The number of aryl methyl sites for hydroxylation is 1. The quantitative estimate of drug-likeness (QED) is 0.561. The Labute approximate surface area is 144 Å². The van der Waals surface area contributed by atoms with Crippen LogP contribution in [0.15, 0.2) is 23.0 Å². The lowest BCUT2D eigenvalue weighted by Gasteiger charge is -2.22. The molecule has 1 unspecified atom stereocenters. The lowest BCUT2D eigenvalue weighted by atomic mass is 10.0. The topological polar surface area (TPSA) is 85.1 Å². The molecule has 1 atom stereocenters. The SMILES string of the molecule is Cn1c(=O)n(C2CCC(=O)NC2=O)c2ccc(C#CC3CNC3)cc21. The van der Waals surface area contributed by atoms with Crippen LogP contribution in [0.25, 0.3) is 11.0 Å². The Hall–Kier alpha value is -2.85. The molecule has 0 spiro atoms.